The van der Waals surface area contributed by atoms with E-state index in [4.69, 9.17) is 0 Å². The van der Waals surface area contributed by atoms with Gasteiger partial charge in [-0.15, -0.1) is 0 Å². The minimum Gasteiger partial charge on any atom is -0.372 e. The number of para-hydroxylation sites is 1. The third-order valence-corrected chi connectivity index (χ3v) is 7.51. The van der Waals surface area contributed by atoms with Gasteiger partial charge in [0.25, 0.3) is 0 Å². The van der Waals surface area contributed by atoms with Crippen LogP contribution in [0, 0.1) is 0 Å². The van der Waals surface area contributed by atoms with Crippen LogP contribution in [-0.2, 0) is 0 Å². The lowest BCUT2D eigenvalue weighted by Gasteiger charge is -2.25. The quantitative estimate of drug-likeness (QED) is 0.175. The van der Waals surface area contributed by atoms with E-state index in [0.29, 0.717) is 0 Å². The Balaban J connectivity index is 1.42. The van der Waals surface area contributed by atoms with Crippen LogP contribution in [-0.4, -0.2) is 27.2 Å². The molecule has 39 heavy (non-hydrogen) atoms. The fourth-order valence-electron chi connectivity index (χ4n) is 4.84. The van der Waals surface area contributed by atoms with E-state index < -0.39 is 0 Å². The zero-order chi connectivity index (χ0) is 27.6. The summed E-state index contributed by atoms with van der Waals surface area (Å²) in [4.78, 5) is 6.94. The van der Waals surface area contributed by atoms with Crippen LogP contribution in [0.15, 0.2) is 110 Å². The van der Waals surface area contributed by atoms with Crippen LogP contribution >= 0.6 is 0 Å². The molecule has 0 aromatic heterocycles. The van der Waals surface area contributed by atoms with Gasteiger partial charge in [0.2, 0.25) is 0 Å². The molecule has 0 bridgehead atoms. The fraction of sp³-hybridized carbons (Fsp3) is 0.278. The van der Waals surface area contributed by atoms with Gasteiger partial charge in [-0.05, 0) is 90.2 Å². The Kier molecular flexibility index (Phi) is 9.85. The van der Waals surface area contributed by atoms with Crippen LogP contribution in [0.3, 0.4) is 0 Å². The van der Waals surface area contributed by atoms with Crippen LogP contribution in [0.2, 0.25) is 0 Å². The van der Waals surface area contributed by atoms with Crippen molar-refractivity contribution in [3.8, 4) is 0 Å². The first-order valence-electron chi connectivity index (χ1n) is 14.3. The van der Waals surface area contributed by atoms with E-state index in [0.717, 1.165) is 41.3 Å². The Morgan fingerprint density at radius 2 is 0.872 bits per heavy atom. The summed E-state index contributed by atoms with van der Waals surface area (Å²) in [5.41, 5.74) is 9.32. The smallest absolute Gasteiger partial charge is 0.0409 e. The number of hydrogen-bond acceptors (Lipinski definition) is 3. The van der Waals surface area contributed by atoms with Crippen molar-refractivity contribution in [1.82, 2.24) is 0 Å². The van der Waals surface area contributed by atoms with E-state index >= 15 is 0 Å². The first-order valence-corrected chi connectivity index (χ1v) is 14.3. The lowest BCUT2D eigenvalue weighted by atomic mass is 9.99. The highest BCUT2D eigenvalue weighted by atomic mass is 15.1. The van der Waals surface area contributed by atoms with Crippen molar-refractivity contribution in [2.45, 2.75) is 39.5 Å². The summed E-state index contributed by atoms with van der Waals surface area (Å²) < 4.78 is 0. The van der Waals surface area contributed by atoms with E-state index in [2.05, 4.69) is 146 Å². The minimum absolute atomic E-state index is 1.05. The van der Waals surface area contributed by atoms with Gasteiger partial charge in [0.15, 0.2) is 0 Å². The van der Waals surface area contributed by atoms with Crippen molar-refractivity contribution in [3.05, 3.63) is 121 Å². The second-order valence-corrected chi connectivity index (χ2v) is 10.2. The molecule has 3 heteroatoms. The highest BCUT2D eigenvalue weighted by Gasteiger charge is 2.10. The molecule has 0 aliphatic carbocycles. The summed E-state index contributed by atoms with van der Waals surface area (Å²) in [7, 11) is 4.21. The molecular weight excluding hydrogens is 474 g/mol. The number of rotatable bonds is 13. The van der Waals surface area contributed by atoms with Gasteiger partial charge in [-0.1, -0.05) is 75.7 Å². The second kappa shape index (κ2) is 13.7. The summed E-state index contributed by atoms with van der Waals surface area (Å²) >= 11 is 0. The molecule has 202 valence electrons. The number of hydrogen-bond donors (Lipinski definition) is 0. The van der Waals surface area contributed by atoms with E-state index in [1.165, 1.54) is 42.6 Å². The molecule has 0 radical (unpaired) electrons. The molecule has 0 unspecified atom stereocenters. The summed E-state index contributed by atoms with van der Waals surface area (Å²) in [6.45, 7) is 11.2. The fourth-order valence-corrected chi connectivity index (χ4v) is 4.84. The van der Waals surface area contributed by atoms with Gasteiger partial charge in [-0.25, -0.2) is 0 Å². The van der Waals surface area contributed by atoms with Crippen LogP contribution in [0.5, 0.6) is 0 Å². The molecule has 0 saturated carbocycles. The monoisotopic (exact) mass is 517 g/mol. The molecule has 0 aliphatic rings. The van der Waals surface area contributed by atoms with Gasteiger partial charge in [0, 0.05) is 55.6 Å². The van der Waals surface area contributed by atoms with Crippen molar-refractivity contribution in [1.29, 1.82) is 0 Å². The molecular formula is C36H43N3. The summed E-state index contributed by atoms with van der Waals surface area (Å²) in [6.07, 6.45) is 4.90. The van der Waals surface area contributed by atoms with E-state index in [9.17, 15) is 0 Å². The number of nitrogens with zero attached hydrogens (tertiary/aromatic N) is 3. The molecule has 0 fully saturated rings. The Hall–Kier alpha value is -3.98. The molecule has 3 nitrogen and oxygen atoms in total. The predicted octanol–water partition coefficient (Wildman–Crippen LogP) is 9.69. The van der Waals surface area contributed by atoms with Gasteiger partial charge >= 0.3 is 0 Å². The SMILES string of the molecule is C=C(c1ccc(N(CCCC)CCCC)cc1)c1ccc(N(C)c2ccc(N(C)c3ccccc3)cc2)cc1. The van der Waals surface area contributed by atoms with Crippen LogP contribution in [0.4, 0.5) is 28.4 Å². The Bertz CT molecular complexity index is 1280. The lowest BCUT2D eigenvalue weighted by Crippen LogP contribution is -2.25. The minimum atomic E-state index is 1.05. The van der Waals surface area contributed by atoms with Crippen molar-refractivity contribution in [2.24, 2.45) is 0 Å². The number of anilines is 5. The molecule has 4 aromatic rings. The van der Waals surface area contributed by atoms with Crippen LogP contribution < -0.4 is 14.7 Å². The van der Waals surface area contributed by atoms with Crippen LogP contribution in [0.25, 0.3) is 5.57 Å². The number of benzene rings is 4. The molecule has 0 aliphatic heterocycles. The van der Waals surface area contributed by atoms with Gasteiger partial charge in [0.1, 0.15) is 0 Å². The standard InChI is InChI=1S/C36H43N3/c1-6-8-27-39(28-9-7-2)36-21-17-31(18-22-36)29(3)30-15-19-33(20-16-30)38(5)35-25-23-34(24-26-35)37(4)32-13-11-10-12-14-32/h10-26H,3,6-9,27-28H2,1-2,4-5H3. The van der Waals surface area contributed by atoms with E-state index in [1.807, 2.05) is 6.07 Å². The Labute approximate surface area is 236 Å². The highest BCUT2D eigenvalue weighted by Crippen LogP contribution is 2.31. The topological polar surface area (TPSA) is 9.72 Å². The molecule has 4 aromatic carbocycles. The largest absolute Gasteiger partial charge is 0.372 e. The summed E-state index contributed by atoms with van der Waals surface area (Å²) in [5, 5.41) is 0. The van der Waals surface area contributed by atoms with E-state index in [1.54, 1.807) is 0 Å². The third kappa shape index (κ3) is 7.11. The zero-order valence-corrected chi connectivity index (χ0v) is 24.1. The summed E-state index contributed by atoms with van der Waals surface area (Å²) in [5.74, 6) is 0. The molecule has 0 atom stereocenters. The Morgan fingerprint density at radius 3 is 1.28 bits per heavy atom. The van der Waals surface area contributed by atoms with Gasteiger partial charge in [0.05, 0.1) is 0 Å². The maximum Gasteiger partial charge on any atom is 0.0409 e. The molecule has 4 rings (SSSR count). The van der Waals surface area contributed by atoms with Crippen molar-refractivity contribution in [3.63, 3.8) is 0 Å². The average molecular weight is 518 g/mol. The first kappa shape index (κ1) is 28.0. The average Bonchev–Trinajstić information content (AvgIpc) is 3.01. The van der Waals surface area contributed by atoms with Crippen molar-refractivity contribution in [2.75, 3.05) is 41.9 Å². The normalized spacial score (nSPS) is 10.8. The predicted molar refractivity (Wildman–Crippen MR) is 172 cm³/mol. The third-order valence-electron chi connectivity index (χ3n) is 7.51. The van der Waals surface area contributed by atoms with Crippen molar-refractivity contribution >= 4 is 34.0 Å². The lowest BCUT2D eigenvalue weighted by molar-refractivity contribution is 0.678. The maximum absolute atomic E-state index is 4.42. The molecule has 0 saturated heterocycles. The van der Waals surface area contributed by atoms with Gasteiger partial charge in [-0.3, -0.25) is 0 Å². The van der Waals surface area contributed by atoms with Crippen LogP contribution in [0.1, 0.15) is 50.7 Å². The highest BCUT2D eigenvalue weighted by molar-refractivity contribution is 5.80. The number of unbranched alkanes of at least 4 members (excludes halogenated alkanes) is 2. The van der Waals surface area contributed by atoms with E-state index in [-0.39, 0.29) is 0 Å². The van der Waals surface area contributed by atoms with Crippen molar-refractivity contribution < 1.29 is 0 Å². The molecule has 0 heterocycles. The first-order chi connectivity index (χ1) is 19.0. The Morgan fingerprint density at radius 1 is 0.513 bits per heavy atom. The molecule has 0 spiro atoms. The maximum atomic E-state index is 4.42. The summed E-state index contributed by atoms with van der Waals surface area (Å²) in [6, 6.07) is 36.8. The van der Waals surface area contributed by atoms with Gasteiger partial charge in [-0.2, -0.15) is 0 Å². The second-order valence-electron chi connectivity index (χ2n) is 10.2. The van der Waals surface area contributed by atoms with Gasteiger partial charge < -0.3 is 14.7 Å². The zero-order valence-electron chi connectivity index (χ0n) is 24.1. The molecule has 0 N–H and O–H groups in total. The molecule has 0 amide bonds.